The first-order chi connectivity index (χ1) is 12.5. The fourth-order valence-electron chi connectivity index (χ4n) is 3.83. The molecule has 2 atom stereocenters. The van der Waals surface area contributed by atoms with Gasteiger partial charge in [-0.25, -0.2) is 0 Å². The van der Waals surface area contributed by atoms with Crippen LogP contribution in [-0.2, 0) is 4.74 Å². The summed E-state index contributed by atoms with van der Waals surface area (Å²) in [6.07, 6.45) is 14.2. The lowest BCUT2D eigenvalue weighted by Crippen LogP contribution is -2.51. The number of methoxy groups -OCH3 is 1. The minimum atomic E-state index is 0.161. The van der Waals surface area contributed by atoms with E-state index >= 15 is 0 Å². The number of hydrogen-bond donors (Lipinski definition) is 0. The molecule has 0 radical (unpaired) electrons. The molecule has 0 bridgehead atoms. The molecule has 0 amide bonds. The molecular weight excluding hydrogens is 318 g/mol. The first-order valence-electron chi connectivity index (χ1n) is 10.9. The zero-order valence-corrected chi connectivity index (χ0v) is 18.2. The molecule has 1 aromatic carbocycles. The van der Waals surface area contributed by atoms with Crippen LogP contribution in [0.25, 0.3) is 0 Å². The third kappa shape index (κ3) is 8.68. The summed E-state index contributed by atoms with van der Waals surface area (Å²) in [5.41, 5.74) is 1.29. The predicted octanol–water partition coefficient (Wildman–Crippen LogP) is 6.76. The SMILES string of the molecule is CCCCCCCCCCCC[N+](C)(C)C(C)C(OC)c1ccccc1. The number of hydrogen-bond acceptors (Lipinski definition) is 1. The van der Waals surface area contributed by atoms with Crippen LogP contribution in [0.15, 0.2) is 30.3 Å². The van der Waals surface area contributed by atoms with Crippen LogP contribution in [0.2, 0.25) is 0 Å². The van der Waals surface area contributed by atoms with Crippen LogP contribution in [0.4, 0.5) is 0 Å². The Kier molecular flexibility index (Phi) is 11.9. The highest BCUT2D eigenvalue weighted by molar-refractivity contribution is 5.18. The van der Waals surface area contributed by atoms with Crippen LogP contribution in [0.3, 0.4) is 0 Å². The Balaban J connectivity index is 2.26. The second-order valence-electron chi connectivity index (χ2n) is 8.49. The summed E-state index contributed by atoms with van der Waals surface area (Å²) >= 11 is 0. The smallest absolute Gasteiger partial charge is 0.133 e. The number of likely N-dealkylation sites (N-methyl/N-ethyl adjacent to an activating group) is 1. The number of nitrogens with zero attached hydrogens (tertiary/aromatic N) is 1. The summed E-state index contributed by atoms with van der Waals surface area (Å²) in [6.45, 7) is 5.84. The van der Waals surface area contributed by atoms with E-state index < -0.39 is 0 Å². The standard InChI is InChI=1S/C24H44NO/c1-6-7-8-9-10-11-12-13-14-18-21-25(3,4)22(2)24(26-5)23-19-16-15-17-20-23/h15-17,19-20,22,24H,6-14,18,21H2,1-5H3/q+1. The fraction of sp³-hybridized carbons (Fsp3) is 0.750. The molecule has 0 aliphatic rings. The van der Waals surface area contributed by atoms with E-state index in [4.69, 9.17) is 4.74 Å². The van der Waals surface area contributed by atoms with Crippen molar-refractivity contribution in [2.24, 2.45) is 0 Å². The first-order valence-corrected chi connectivity index (χ1v) is 10.9. The monoisotopic (exact) mass is 362 g/mol. The molecule has 1 aromatic rings. The van der Waals surface area contributed by atoms with Gasteiger partial charge in [-0.2, -0.15) is 0 Å². The zero-order chi connectivity index (χ0) is 19.3. The maximum Gasteiger partial charge on any atom is 0.133 e. The van der Waals surface area contributed by atoms with Gasteiger partial charge in [0.25, 0.3) is 0 Å². The third-order valence-corrected chi connectivity index (χ3v) is 6.01. The Morgan fingerprint density at radius 3 is 1.81 bits per heavy atom. The highest BCUT2D eigenvalue weighted by atomic mass is 16.5. The number of rotatable bonds is 15. The van der Waals surface area contributed by atoms with Crippen molar-refractivity contribution in [2.45, 2.75) is 90.2 Å². The molecule has 0 saturated carbocycles. The number of unbranched alkanes of at least 4 members (excludes halogenated alkanes) is 9. The maximum atomic E-state index is 5.87. The summed E-state index contributed by atoms with van der Waals surface area (Å²) in [7, 11) is 6.55. The molecule has 0 aliphatic heterocycles. The number of benzene rings is 1. The van der Waals surface area contributed by atoms with Gasteiger partial charge in [-0.15, -0.1) is 0 Å². The van der Waals surface area contributed by atoms with Crippen molar-refractivity contribution >= 4 is 0 Å². The largest absolute Gasteiger partial charge is 0.371 e. The van der Waals surface area contributed by atoms with Gasteiger partial charge < -0.3 is 9.22 Å². The average Bonchev–Trinajstić information content (AvgIpc) is 2.64. The van der Waals surface area contributed by atoms with Crippen molar-refractivity contribution < 1.29 is 9.22 Å². The summed E-state index contributed by atoms with van der Waals surface area (Å²) in [5, 5.41) is 0. The van der Waals surface area contributed by atoms with Crippen LogP contribution < -0.4 is 0 Å². The molecule has 0 heterocycles. The molecule has 0 aliphatic carbocycles. The van der Waals surface area contributed by atoms with E-state index in [0.717, 1.165) is 4.48 Å². The van der Waals surface area contributed by atoms with Crippen molar-refractivity contribution in [1.29, 1.82) is 0 Å². The van der Waals surface area contributed by atoms with Crippen LogP contribution in [0.1, 0.15) is 89.7 Å². The summed E-state index contributed by atoms with van der Waals surface area (Å²) in [5.74, 6) is 0. The van der Waals surface area contributed by atoms with Gasteiger partial charge in [0.05, 0.1) is 20.6 Å². The molecule has 0 spiro atoms. The number of quaternary nitrogens is 1. The van der Waals surface area contributed by atoms with Gasteiger partial charge in [0.1, 0.15) is 12.1 Å². The van der Waals surface area contributed by atoms with Crippen molar-refractivity contribution in [3.8, 4) is 0 Å². The molecule has 150 valence electrons. The van der Waals surface area contributed by atoms with E-state index in [2.05, 4.69) is 58.3 Å². The van der Waals surface area contributed by atoms with E-state index in [1.807, 2.05) is 7.11 Å². The van der Waals surface area contributed by atoms with Gasteiger partial charge in [0, 0.05) is 7.11 Å². The van der Waals surface area contributed by atoms with Gasteiger partial charge in [-0.05, 0) is 25.3 Å². The minimum Gasteiger partial charge on any atom is -0.371 e. The van der Waals surface area contributed by atoms with Crippen molar-refractivity contribution in [3.05, 3.63) is 35.9 Å². The second kappa shape index (κ2) is 13.3. The van der Waals surface area contributed by atoms with Crippen molar-refractivity contribution in [1.82, 2.24) is 0 Å². The Morgan fingerprint density at radius 1 is 0.808 bits per heavy atom. The highest BCUT2D eigenvalue weighted by Gasteiger charge is 2.32. The second-order valence-corrected chi connectivity index (χ2v) is 8.49. The van der Waals surface area contributed by atoms with Gasteiger partial charge in [-0.1, -0.05) is 88.6 Å². The lowest BCUT2D eigenvalue weighted by molar-refractivity contribution is -0.917. The van der Waals surface area contributed by atoms with Crippen molar-refractivity contribution in [3.63, 3.8) is 0 Å². The lowest BCUT2D eigenvalue weighted by Gasteiger charge is -2.40. The van der Waals surface area contributed by atoms with Crippen molar-refractivity contribution in [2.75, 3.05) is 27.7 Å². The molecule has 2 nitrogen and oxygen atoms in total. The Hall–Kier alpha value is -0.860. The Bertz CT molecular complexity index is 443. The van der Waals surface area contributed by atoms with E-state index in [9.17, 15) is 0 Å². The summed E-state index contributed by atoms with van der Waals surface area (Å²) in [6, 6.07) is 11.1. The topological polar surface area (TPSA) is 9.23 Å². The van der Waals surface area contributed by atoms with Gasteiger partial charge in [-0.3, -0.25) is 0 Å². The molecule has 0 aromatic heterocycles. The van der Waals surface area contributed by atoms with E-state index in [1.54, 1.807) is 0 Å². The average molecular weight is 363 g/mol. The zero-order valence-electron chi connectivity index (χ0n) is 18.2. The summed E-state index contributed by atoms with van der Waals surface area (Å²) < 4.78 is 6.89. The van der Waals surface area contributed by atoms with Crippen LogP contribution in [0, 0.1) is 0 Å². The Morgan fingerprint density at radius 2 is 1.31 bits per heavy atom. The molecule has 2 unspecified atom stereocenters. The van der Waals surface area contributed by atoms with Crippen LogP contribution >= 0.6 is 0 Å². The Labute approximate surface area is 163 Å². The van der Waals surface area contributed by atoms with Crippen LogP contribution in [0.5, 0.6) is 0 Å². The molecular formula is C24H44NO+. The maximum absolute atomic E-state index is 5.87. The molecule has 1 rings (SSSR count). The predicted molar refractivity (Wildman–Crippen MR) is 114 cm³/mol. The molecule has 0 fully saturated rings. The fourth-order valence-corrected chi connectivity index (χ4v) is 3.83. The van der Waals surface area contributed by atoms with Gasteiger partial charge in [0.15, 0.2) is 0 Å². The first kappa shape index (κ1) is 23.2. The highest BCUT2D eigenvalue weighted by Crippen LogP contribution is 2.27. The minimum absolute atomic E-state index is 0.161. The van der Waals surface area contributed by atoms with Gasteiger partial charge >= 0.3 is 0 Å². The molecule has 26 heavy (non-hydrogen) atoms. The normalized spacial score (nSPS) is 14.3. The summed E-state index contributed by atoms with van der Waals surface area (Å²) in [4.78, 5) is 0. The molecule has 0 saturated heterocycles. The molecule has 2 heteroatoms. The molecule has 0 N–H and O–H groups in total. The quantitative estimate of drug-likeness (QED) is 0.247. The third-order valence-electron chi connectivity index (χ3n) is 6.01. The van der Waals surface area contributed by atoms with Gasteiger partial charge in [0.2, 0.25) is 0 Å². The number of ether oxygens (including phenoxy) is 1. The van der Waals surface area contributed by atoms with E-state index in [1.165, 1.54) is 76.3 Å². The van der Waals surface area contributed by atoms with Crippen LogP contribution in [-0.4, -0.2) is 38.3 Å². The lowest BCUT2D eigenvalue weighted by atomic mass is 10.00. The van der Waals surface area contributed by atoms with E-state index in [-0.39, 0.29) is 6.10 Å². The van der Waals surface area contributed by atoms with E-state index in [0.29, 0.717) is 6.04 Å².